The third-order valence-electron chi connectivity index (χ3n) is 8.25. The summed E-state index contributed by atoms with van der Waals surface area (Å²) in [6, 6.07) is 6.03. The van der Waals surface area contributed by atoms with Crippen LogP contribution in [-0.4, -0.2) is 16.3 Å². The highest BCUT2D eigenvalue weighted by Gasteiger charge is 2.69. The molecule has 4 aliphatic carbocycles. The second kappa shape index (κ2) is 4.08. The summed E-state index contributed by atoms with van der Waals surface area (Å²) >= 11 is 0. The van der Waals surface area contributed by atoms with Crippen molar-refractivity contribution in [1.29, 1.82) is 0 Å². The Bertz CT molecular complexity index is 639. The zero-order valence-corrected chi connectivity index (χ0v) is 13.4. The van der Waals surface area contributed by atoms with Gasteiger partial charge in [0.15, 0.2) is 0 Å². The second-order valence-electron chi connectivity index (χ2n) is 8.69. The molecule has 1 spiro atoms. The normalized spacial score (nSPS) is 48.6. The van der Waals surface area contributed by atoms with Gasteiger partial charge in [-0.05, 0) is 96.8 Å². The van der Waals surface area contributed by atoms with Gasteiger partial charge >= 0.3 is 0 Å². The first-order chi connectivity index (χ1) is 10.6. The van der Waals surface area contributed by atoms with Crippen LogP contribution in [0, 0.1) is 22.7 Å². The van der Waals surface area contributed by atoms with Crippen molar-refractivity contribution < 1.29 is 10.2 Å². The molecule has 22 heavy (non-hydrogen) atoms. The SMILES string of the molecule is C[C@]12CC[C@@H]3c4ccc(O)cc4CC[C@H]3[C@]13CC[C@@H](C3)[C@H]2O. The van der Waals surface area contributed by atoms with Gasteiger partial charge in [0.25, 0.3) is 0 Å². The first-order valence-corrected chi connectivity index (χ1v) is 9.05. The Morgan fingerprint density at radius 2 is 2.00 bits per heavy atom. The van der Waals surface area contributed by atoms with Crippen LogP contribution in [0.3, 0.4) is 0 Å². The number of phenolic OH excluding ortho intramolecular Hbond substituents is 1. The van der Waals surface area contributed by atoms with Crippen molar-refractivity contribution in [2.45, 2.75) is 63.9 Å². The lowest BCUT2D eigenvalue weighted by Crippen LogP contribution is -2.53. The molecule has 6 atom stereocenters. The lowest BCUT2D eigenvalue weighted by molar-refractivity contribution is -0.116. The molecule has 0 saturated heterocycles. The van der Waals surface area contributed by atoms with Crippen LogP contribution >= 0.6 is 0 Å². The molecule has 4 aliphatic rings. The molecule has 2 N–H and O–H groups in total. The summed E-state index contributed by atoms with van der Waals surface area (Å²) in [7, 11) is 0. The zero-order valence-electron chi connectivity index (χ0n) is 13.4. The predicted molar refractivity (Wildman–Crippen MR) is 85.8 cm³/mol. The fourth-order valence-corrected chi connectivity index (χ4v) is 7.25. The minimum Gasteiger partial charge on any atom is -0.508 e. The number of rotatable bonds is 0. The van der Waals surface area contributed by atoms with Gasteiger partial charge in [-0.1, -0.05) is 13.0 Å². The maximum absolute atomic E-state index is 10.9. The van der Waals surface area contributed by atoms with Crippen LogP contribution in [0.25, 0.3) is 0 Å². The topological polar surface area (TPSA) is 40.5 Å². The van der Waals surface area contributed by atoms with E-state index in [4.69, 9.17) is 0 Å². The molecule has 1 aromatic carbocycles. The molecule has 2 heteroatoms. The molecule has 3 fully saturated rings. The average molecular weight is 298 g/mol. The van der Waals surface area contributed by atoms with Crippen molar-refractivity contribution in [3.63, 3.8) is 0 Å². The van der Waals surface area contributed by atoms with E-state index < -0.39 is 0 Å². The van der Waals surface area contributed by atoms with Gasteiger partial charge in [0.1, 0.15) is 5.75 Å². The van der Waals surface area contributed by atoms with Gasteiger partial charge in [0.2, 0.25) is 0 Å². The molecule has 0 unspecified atom stereocenters. The third kappa shape index (κ3) is 1.37. The molecule has 0 heterocycles. The Balaban J connectivity index is 1.61. The molecule has 118 valence electrons. The van der Waals surface area contributed by atoms with Gasteiger partial charge in [-0.2, -0.15) is 0 Å². The maximum Gasteiger partial charge on any atom is 0.115 e. The Morgan fingerprint density at radius 1 is 1.14 bits per heavy atom. The van der Waals surface area contributed by atoms with Gasteiger partial charge in [-0.3, -0.25) is 0 Å². The molecule has 5 rings (SSSR count). The minimum absolute atomic E-state index is 0.0663. The fourth-order valence-electron chi connectivity index (χ4n) is 7.25. The quantitative estimate of drug-likeness (QED) is 0.760. The van der Waals surface area contributed by atoms with Crippen molar-refractivity contribution >= 4 is 0 Å². The maximum atomic E-state index is 10.9. The summed E-state index contributed by atoms with van der Waals surface area (Å²) in [5.74, 6) is 2.37. The van der Waals surface area contributed by atoms with Gasteiger partial charge in [0, 0.05) is 0 Å². The number of hydrogen-bond acceptors (Lipinski definition) is 2. The lowest BCUT2D eigenvalue weighted by atomic mass is 9.46. The number of aryl methyl sites for hydroxylation is 1. The number of phenols is 1. The van der Waals surface area contributed by atoms with E-state index in [9.17, 15) is 10.2 Å². The Hall–Kier alpha value is -1.02. The fraction of sp³-hybridized carbons (Fsp3) is 0.700. The third-order valence-corrected chi connectivity index (χ3v) is 8.25. The molecule has 2 nitrogen and oxygen atoms in total. The summed E-state index contributed by atoms with van der Waals surface area (Å²) in [5.41, 5.74) is 3.41. The highest BCUT2D eigenvalue weighted by molar-refractivity contribution is 5.41. The summed E-state index contributed by atoms with van der Waals surface area (Å²) in [5, 5.41) is 20.6. The van der Waals surface area contributed by atoms with E-state index in [2.05, 4.69) is 13.0 Å². The minimum atomic E-state index is -0.0663. The van der Waals surface area contributed by atoms with Crippen LogP contribution in [0.4, 0.5) is 0 Å². The van der Waals surface area contributed by atoms with Gasteiger partial charge < -0.3 is 10.2 Å². The van der Waals surface area contributed by atoms with Gasteiger partial charge in [-0.25, -0.2) is 0 Å². The molecule has 0 amide bonds. The molecule has 3 saturated carbocycles. The Morgan fingerprint density at radius 3 is 2.86 bits per heavy atom. The summed E-state index contributed by atoms with van der Waals surface area (Å²) < 4.78 is 0. The van der Waals surface area contributed by atoms with Crippen LogP contribution in [-0.2, 0) is 6.42 Å². The van der Waals surface area contributed by atoms with Crippen molar-refractivity contribution in [3.05, 3.63) is 29.3 Å². The summed E-state index contributed by atoms with van der Waals surface area (Å²) in [6.45, 7) is 2.39. The number of aliphatic hydroxyl groups excluding tert-OH is 1. The van der Waals surface area contributed by atoms with Crippen molar-refractivity contribution in [3.8, 4) is 5.75 Å². The van der Waals surface area contributed by atoms with Crippen LogP contribution < -0.4 is 0 Å². The molecule has 0 aliphatic heterocycles. The lowest BCUT2D eigenvalue weighted by Gasteiger charge is -2.59. The van der Waals surface area contributed by atoms with Crippen molar-refractivity contribution in [2.75, 3.05) is 0 Å². The smallest absolute Gasteiger partial charge is 0.115 e. The number of aromatic hydroxyl groups is 1. The largest absolute Gasteiger partial charge is 0.508 e. The van der Waals surface area contributed by atoms with Gasteiger partial charge in [-0.15, -0.1) is 0 Å². The monoisotopic (exact) mass is 298 g/mol. The van der Waals surface area contributed by atoms with E-state index in [1.54, 1.807) is 0 Å². The summed E-state index contributed by atoms with van der Waals surface area (Å²) in [4.78, 5) is 0. The van der Waals surface area contributed by atoms with E-state index in [1.807, 2.05) is 12.1 Å². The van der Waals surface area contributed by atoms with Crippen LogP contribution in [0.1, 0.15) is 62.5 Å². The predicted octanol–water partition coefficient (Wildman–Crippen LogP) is 4.00. The standard InChI is InChI=1S/C20H26O2/c1-19-8-7-16-15-4-3-14(21)10-12(15)2-5-17(16)20(19)9-6-13(11-20)18(19)22/h3-4,10,13,16-18,21-22H,2,5-9,11H2,1H3/t13-,16+,17+,18+,19+,20+/m0/s1. The van der Waals surface area contributed by atoms with Crippen molar-refractivity contribution in [1.82, 2.24) is 0 Å². The number of aliphatic hydroxyl groups is 1. The van der Waals surface area contributed by atoms with Crippen LogP contribution in [0.5, 0.6) is 5.75 Å². The summed E-state index contributed by atoms with van der Waals surface area (Å²) in [6.07, 6.45) is 8.50. The second-order valence-corrected chi connectivity index (χ2v) is 8.69. The van der Waals surface area contributed by atoms with Crippen LogP contribution in [0.15, 0.2) is 18.2 Å². The Kier molecular flexibility index (Phi) is 2.49. The van der Waals surface area contributed by atoms with E-state index in [-0.39, 0.29) is 11.5 Å². The highest BCUT2D eigenvalue weighted by atomic mass is 16.3. The molecule has 2 bridgehead atoms. The molecular weight excluding hydrogens is 272 g/mol. The molecule has 0 radical (unpaired) electrons. The van der Waals surface area contributed by atoms with Crippen molar-refractivity contribution in [2.24, 2.45) is 22.7 Å². The van der Waals surface area contributed by atoms with E-state index in [1.165, 1.54) is 49.7 Å². The number of benzene rings is 1. The van der Waals surface area contributed by atoms with E-state index in [0.717, 1.165) is 12.3 Å². The van der Waals surface area contributed by atoms with Gasteiger partial charge in [0.05, 0.1) is 6.10 Å². The molecule has 0 aromatic heterocycles. The Labute approximate surface area is 132 Å². The van der Waals surface area contributed by atoms with E-state index >= 15 is 0 Å². The molecular formula is C20H26O2. The first-order valence-electron chi connectivity index (χ1n) is 9.05. The number of fused-ring (bicyclic) bond motifs is 4. The first kappa shape index (κ1) is 13.4. The molecule has 1 aromatic rings. The zero-order chi connectivity index (χ0) is 15.1. The number of hydrogen-bond donors (Lipinski definition) is 2. The van der Waals surface area contributed by atoms with Crippen LogP contribution in [0.2, 0.25) is 0 Å². The highest BCUT2D eigenvalue weighted by Crippen LogP contribution is 2.74. The average Bonchev–Trinajstić information content (AvgIpc) is 3.04. The van der Waals surface area contributed by atoms with E-state index in [0.29, 0.717) is 23.0 Å².